The molecule has 0 amide bonds. The molecule has 5 heavy (non-hydrogen) atoms. The SMILES string of the molecule is C1=[As][As]=[As]C1. The zero-order chi connectivity index (χ0) is 3.54. The maximum absolute atomic E-state index is 2.54. The van der Waals surface area contributed by atoms with Crippen LogP contribution in [0.1, 0.15) is 0 Å². The van der Waals surface area contributed by atoms with Gasteiger partial charge >= 0.3 is 47.5 Å². The Balaban J connectivity index is 2.61. The molecule has 0 aliphatic carbocycles. The first-order chi connectivity index (χ1) is 2.50. The summed E-state index contributed by atoms with van der Waals surface area (Å²) < 4.78 is 0. The molecule has 1 aliphatic rings. The van der Waals surface area contributed by atoms with Gasteiger partial charge in [-0.3, -0.25) is 0 Å². The Hall–Kier alpha value is 1.55. The number of hydrogen-bond donors (Lipinski definition) is 0. The summed E-state index contributed by atoms with van der Waals surface area (Å²) in [5.74, 6) is 0. The van der Waals surface area contributed by atoms with Gasteiger partial charge in [-0.2, -0.15) is 0 Å². The van der Waals surface area contributed by atoms with Crippen LogP contribution in [-0.2, 0) is 0 Å². The van der Waals surface area contributed by atoms with Gasteiger partial charge in [-0.05, 0) is 0 Å². The van der Waals surface area contributed by atoms with Crippen molar-refractivity contribution in [1.82, 2.24) is 0 Å². The van der Waals surface area contributed by atoms with Crippen molar-refractivity contribution in [1.29, 1.82) is 0 Å². The molecule has 26 valence electrons. The molecule has 0 N–H and O–H groups in total. The van der Waals surface area contributed by atoms with Crippen molar-refractivity contribution in [3.8, 4) is 0 Å². The van der Waals surface area contributed by atoms with Crippen molar-refractivity contribution in [2.24, 2.45) is 0 Å². The van der Waals surface area contributed by atoms with Gasteiger partial charge < -0.3 is 0 Å². The molecule has 0 saturated heterocycles. The molecule has 0 nitrogen and oxygen atoms in total. The molecule has 0 unspecified atom stereocenters. The molecule has 0 atom stereocenters. The summed E-state index contributed by atoms with van der Waals surface area (Å²) in [7, 11) is 0. The molecule has 1 aliphatic heterocycles. The third-order valence-corrected chi connectivity index (χ3v) is 22.7. The van der Waals surface area contributed by atoms with Crippen LogP contribution in [0.4, 0.5) is 0 Å². The Morgan fingerprint density at radius 1 is 1.60 bits per heavy atom. The van der Waals surface area contributed by atoms with Crippen LogP contribution in [0.25, 0.3) is 0 Å². The topological polar surface area (TPSA) is 0 Å². The van der Waals surface area contributed by atoms with Gasteiger partial charge in [0.05, 0.1) is 0 Å². The Kier molecular flexibility index (Phi) is 2.51. The summed E-state index contributed by atoms with van der Waals surface area (Å²) in [4.78, 5) is 2.54. The Bertz CT molecular complexity index is 63.0. The van der Waals surface area contributed by atoms with E-state index in [9.17, 15) is 0 Å². The molecular formula is C2H3As3. The summed E-state index contributed by atoms with van der Waals surface area (Å²) in [6, 6.07) is 0. The second-order valence-electron chi connectivity index (χ2n) is 0.711. The van der Waals surface area contributed by atoms with Crippen molar-refractivity contribution >= 4 is 42.3 Å². The standard InChI is InChI=1S/C2H3As3/c1-2-4-5-3-1/h1H,2H2. The fourth-order valence-corrected chi connectivity index (χ4v) is 25.6. The monoisotopic (exact) mass is 252 g/mol. The van der Waals surface area contributed by atoms with Crippen molar-refractivity contribution in [2.75, 3.05) is 0 Å². The van der Waals surface area contributed by atoms with Crippen LogP contribution in [0.15, 0.2) is 0 Å². The van der Waals surface area contributed by atoms with Crippen LogP contribution in [0.5, 0.6) is 0 Å². The van der Waals surface area contributed by atoms with E-state index < -0.39 is 0 Å². The minimum atomic E-state index is 0.865. The van der Waals surface area contributed by atoms with Gasteiger partial charge in [0, 0.05) is 0 Å². The van der Waals surface area contributed by atoms with Crippen molar-refractivity contribution in [3.05, 3.63) is 0 Å². The molecule has 0 aromatic heterocycles. The van der Waals surface area contributed by atoms with Crippen LogP contribution in [0.3, 0.4) is 0 Å². The van der Waals surface area contributed by atoms with Gasteiger partial charge in [-0.1, -0.05) is 0 Å². The third kappa shape index (κ3) is 1.63. The summed E-state index contributed by atoms with van der Waals surface area (Å²) in [5, 5.41) is 1.55. The second kappa shape index (κ2) is 2.67. The zero-order valence-corrected chi connectivity index (χ0v) is 8.26. The van der Waals surface area contributed by atoms with Gasteiger partial charge in [0.15, 0.2) is 0 Å². The van der Waals surface area contributed by atoms with Crippen molar-refractivity contribution in [3.63, 3.8) is 0 Å². The van der Waals surface area contributed by atoms with Crippen LogP contribution in [-0.4, -0.2) is 42.3 Å². The predicted molar refractivity (Wildman–Crippen MR) is 28.1 cm³/mol. The quantitative estimate of drug-likeness (QED) is 0.493. The van der Waals surface area contributed by atoms with E-state index >= 15 is 0 Å². The maximum atomic E-state index is 2.54. The first-order valence-corrected chi connectivity index (χ1v) is 14.2. The van der Waals surface area contributed by atoms with Crippen LogP contribution in [0.2, 0.25) is 5.21 Å². The van der Waals surface area contributed by atoms with E-state index in [0.29, 0.717) is 0 Å². The molecule has 3 heteroatoms. The fraction of sp³-hybridized carbons (Fsp3) is 0.500. The summed E-state index contributed by atoms with van der Waals surface area (Å²) >= 11 is 2.78. The van der Waals surface area contributed by atoms with E-state index in [2.05, 4.69) is 4.81 Å². The van der Waals surface area contributed by atoms with E-state index in [1.165, 1.54) is 0 Å². The Morgan fingerprint density at radius 2 is 2.60 bits per heavy atom. The molecule has 0 spiro atoms. The fourth-order valence-electron chi connectivity index (χ4n) is 0.183. The molecule has 0 aromatic carbocycles. The molecule has 0 saturated carbocycles. The summed E-state index contributed by atoms with van der Waals surface area (Å²) in [5.41, 5.74) is 0. The molecule has 0 bridgehead atoms. The van der Waals surface area contributed by atoms with Gasteiger partial charge in [-0.25, -0.2) is 0 Å². The van der Waals surface area contributed by atoms with E-state index in [0.717, 1.165) is 37.5 Å². The second-order valence-corrected chi connectivity index (χ2v) is 21.4. The molecule has 0 aromatic rings. The van der Waals surface area contributed by atoms with Gasteiger partial charge in [0.1, 0.15) is 0 Å². The van der Waals surface area contributed by atoms with Crippen molar-refractivity contribution < 1.29 is 0 Å². The number of hydrogen-bond acceptors (Lipinski definition) is 0. The summed E-state index contributed by atoms with van der Waals surface area (Å²) in [6.07, 6.45) is 0. The van der Waals surface area contributed by atoms with Crippen LogP contribution in [0, 0.1) is 0 Å². The normalized spacial score (nSPS) is 27.2. The third-order valence-electron chi connectivity index (χ3n) is 0.360. The molecule has 0 radical (unpaired) electrons. The average molecular weight is 252 g/mol. The molecular weight excluding hydrogens is 249 g/mol. The zero-order valence-electron chi connectivity index (χ0n) is 2.63. The van der Waals surface area contributed by atoms with Crippen molar-refractivity contribution in [2.45, 2.75) is 5.21 Å². The van der Waals surface area contributed by atoms with E-state index in [4.69, 9.17) is 0 Å². The van der Waals surface area contributed by atoms with E-state index in [1.54, 1.807) is 5.21 Å². The van der Waals surface area contributed by atoms with Crippen LogP contribution >= 0.6 is 0 Å². The minimum absolute atomic E-state index is 0.865. The van der Waals surface area contributed by atoms with Gasteiger partial charge in [-0.15, -0.1) is 0 Å². The first kappa shape index (κ1) is 4.70. The summed E-state index contributed by atoms with van der Waals surface area (Å²) in [6.45, 7) is 0. The van der Waals surface area contributed by atoms with Gasteiger partial charge in [0.2, 0.25) is 0 Å². The van der Waals surface area contributed by atoms with E-state index in [-0.39, 0.29) is 0 Å². The van der Waals surface area contributed by atoms with Crippen LogP contribution < -0.4 is 0 Å². The number of rotatable bonds is 0. The van der Waals surface area contributed by atoms with Gasteiger partial charge in [0.25, 0.3) is 0 Å². The predicted octanol–water partition coefficient (Wildman–Crippen LogP) is -0.837. The Morgan fingerprint density at radius 3 is 2.80 bits per heavy atom. The molecule has 1 heterocycles. The molecule has 1 rings (SSSR count). The average Bonchev–Trinajstić information content (AvgIpc) is 1.76. The first-order valence-electron chi connectivity index (χ1n) is 1.38. The Labute approximate surface area is 47.2 Å². The molecule has 0 fully saturated rings. The van der Waals surface area contributed by atoms with E-state index in [1.807, 2.05) is 0 Å².